The minimum atomic E-state index is -1.67. The second-order valence-electron chi connectivity index (χ2n) is 4.46. The Balaban J connectivity index is -0.0000000570. The Morgan fingerprint density at radius 3 is 0.714 bits per heavy atom. The molecule has 0 saturated carbocycles. The van der Waals surface area contributed by atoms with Crippen LogP contribution in [0.4, 0.5) is 0 Å². The third-order valence-electron chi connectivity index (χ3n) is 2.65. The third kappa shape index (κ3) is 44.9. The minimum absolute atomic E-state index is 0. The van der Waals surface area contributed by atoms with Gasteiger partial charge in [-0.15, -0.1) is 0 Å². The van der Waals surface area contributed by atoms with Gasteiger partial charge in [-0.1, -0.05) is 41.5 Å². The fraction of sp³-hybridized carbons (Fsp3) is 1.00. The first-order chi connectivity index (χ1) is 9.42. The molecule has 0 saturated heterocycles. The molecule has 0 aromatic heterocycles. The van der Waals surface area contributed by atoms with E-state index in [1.807, 2.05) is 20.8 Å². The molecule has 0 rings (SSSR count). The SMILES string of the molecule is CCCO.CCCO.CCCO.CC[Si](O)(CC)CC.[Ti]. The maximum Gasteiger partial charge on any atom is 0.187 e. The average Bonchev–Trinajstić information content (AvgIpc) is 2.54. The first kappa shape index (κ1) is 33.4. The van der Waals surface area contributed by atoms with Gasteiger partial charge in [0.25, 0.3) is 0 Å². The molecule has 4 N–H and O–H groups in total. The van der Waals surface area contributed by atoms with Crippen molar-refractivity contribution in [1.29, 1.82) is 0 Å². The molecule has 0 aliphatic carbocycles. The molecule has 4 nitrogen and oxygen atoms in total. The van der Waals surface area contributed by atoms with Gasteiger partial charge in [0.1, 0.15) is 0 Å². The van der Waals surface area contributed by atoms with Crippen LogP contribution in [0, 0.1) is 0 Å². The Morgan fingerprint density at radius 1 is 0.571 bits per heavy atom. The molecule has 6 heteroatoms. The van der Waals surface area contributed by atoms with Crippen LogP contribution in [0.15, 0.2) is 0 Å². The molecule has 0 spiro atoms. The summed E-state index contributed by atoms with van der Waals surface area (Å²) in [5, 5.41) is 23.6. The normalized spacial score (nSPS) is 8.86. The summed E-state index contributed by atoms with van der Waals surface area (Å²) in [5.74, 6) is 0. The van der Waals surface area contributed by atoms with Gasteiger partial charge in [-0.25, -0.2) is 0 Å². The predicted molar refractivity (Wildman–Crippen MR) is 91.5 cm³/mol. The first-order valence-corrected chi connectivity index (χ1v) is 10.5. The Kier molecular flexibility index (Phi) is 51.9. The number of rotatable bonds is 6. The van der Waals surface area contributed by atoms with E-state index >= 15 is 0 Å². The summed E-state index contributed by atoms with van der Waals surface area (Å²) in [5.41, 5.74) is 0. The molecule has 0 aliphatic heterocycles. The first-order valence-electron chi connectivity index (χ1n) is 7.98. The van der Waals surface area contributed by atoms with Crippen molar-refractivity contribution in [1.82, 2.24) is 0 Å². The Hall–Kier alpha value is 0.771. The van der Waals surface area contributed by atoms with E-state index in [2.05, 4.69) is 20.8 Å². The van der Waals surface area contributed by atoms with Gasteiger partial charge in [0.2, 0.25) is 0 Å². The number of hydrogen-bond acceptors (Lipinski definition) is 4. The van der Waals surface area contributed by atoms with E-state index in [1.165, 1.54) is 0 Å². The van der Waals surface area contributed by atoms with E-state index < -0.39 is 8.32 Å². The largest absolute Gasteiger partial charge is 0.432 e. The molecule has 0 radical (unpaired) electrons. The van der Waals surface area contributed by atoms with E-state index in [1.54, 1.807) is 0 Å². The molecule has 0 heterocycles. The second kappa shape index (κ2) is 32.6. The molecule has 0 aromatic rings. The van der Waals surface area contributed by atoms with Crippen LogP contribution in [-0.2, 0) is 21.7 Å². The zero-order valence-electron chi connectivity index (χ0n) is 15.2. The molecule has 0 amide bonds. The number of aliphatic hydroxyl groups excluding tert-OH is 3. The van der Waals surface area contributed by atoms with Crippen molar-refractivity contribution >= 4 is 8.32 Å². The maximum absolute atomic E-state index is 9.58. The van der Waals surface area contributed by atoms with Crippen LogP contribution in [0.5, 0.6) is 0 Å². The standard InChI is InChI=1S/C6H16OSi.3C3H8O.Ti/c1-4-8(7,5-2)6-3;3*1-2-3-4;/h7H,4-6H2,1-3H3;3*4H,2-3H2,1H3;. The summed E-state index contributed by atoms with van der Waals surface area (Å²) < 4.78 is 0. The van der Waals surface area contributed by atoms with Crippen molar-refractivity contribution in [3.63, 3.8) is 0 Å². The fourth-order valence-electron chi connectivity index (χ4n) is 0.750. The van der Waals surface area contributed by atoms with E-state index in [4.69, 9.17) is 15.3 Å². The molecule has 0 atom stereocenters. The quantitative estimate of drug-likeness (QED) is 0.549. The van der Waals surface area contributed by atoms with E-state index in [0.29, 0.717) is 19.8 Å². The molecule has 132 valence electrons. The van der Waals surface area contributed by atoms with Gasteiger partial charge in [0, 0.05) is 41.5 Å². The smallest absolute Gasteiger partial charge is 0.187 e. The third-order valence-corrected chi connectivity index (χ3v) is 6.59. The average molecular weight is 360 g/mol. The van der Waals surface area contributed by atoms with E-state index in [9.17, 15) is 4.80 Å². The maximum atomic E-state index is 9.58. The van der Waals surface area contributed by atoms with Gasteiger partial charge in [-0.2, -0.15) is 0 Å². The second-order valence-corrected chi connectivity index (χ2v) is 9.03. The Morgan fingerprint density at radius 2 is 0.714 bits per heavy atom. The molecular formula is C15H40O4SiTi. The Labute approximate surface area is 149 Å². The van der Waals surface area contributed by atoms with Crippen LogP contribution < -0.4 is 0 Å². The van der Waals surface area contributed by atoms with Crippen molar-refractivity contribution in [2.45, 2.75) is 78.9 Å². The van der Waals surface area contributed by atoms with Crippen LogP contribution in [0.1, 0.15) is 60.8 Å². The van der Waals surface area contributed by atoms with Crippen molar-refractivity contribution in [2.75, 3.05) is 19.8 Å². The van der Waals surface area contributed by atoms with Crippen LogP contribution in [0.3, 0.4) is 0 Å². The summed E-state index contributed by atoms with van der Waals surface area (Å²) in [6.07, 6.45) is 2.62. The molecular weight excluding hydrogens is 320 g/mol. The molecule has 0 aliphatic rings. The van der Waals surface area contributed by atoms with E-state index in [0.717, 1.165) is 37.4 Å². The van der Waals surface area contributed by atoms with Gasteiger partial charge in [0.15, 0.2) is 8.32 Å². The predicted octanol–water partition coefficient (Wildman–Crippen LogP) is 3.15. The molecule has 21 heavy (non-hydrogen) atoms. The zero-order valence-corrected chi connectivity index (χ0v) is 17.7. The van der Waals surface area contributed by atoms with E-state index in [-0.39, 0.29) is 21.7 Å². The van der Waals surface area contributed by atoms with Gasteiger partial charge in [-0.3, -0.25) is 0 Å². The fourth-order valence-corrected chi connectivity index (χ4v) is 2.25. The number of aliphatic hydroxyl groups is 3. The molecule has 0 fully saturated rings. The van der Waals surface area contributed by atoms with Gasteiger partial charge in [0.05, 0.1) is 0 Å². The van der Waals surface area contributed by atoms with Crippen molar-refractivity contribution in [3.05, 3.63) is 0 Å². The van der Waals surface area contributed by atoms with Crippen molar-refractivity contribution in [3.8, 4) is 0 Å². The summed E-state index contributed by atoms with van der Waals surface area (Å²) >= 11 is 0. The summed E-state index contributed by atoms with van der Waals surface area (Å²) in [7, 11) is -1.67. The Bertz CT molecular complexity index is 113. The van der Waals surface area contributed by atoms with Crippen LogP contribution >= 0.6 is 0 Å². The zero-order chi connectivity index (χ0) is 16.9. The summed E-state index contributed by atoms with van der Waals surface area (Å²) in [4.78, 5) is 9.58. The van der Waals surface area contributed by atoms with Crippen LogP contribution in [0.25, 0.3) is 0 Å². The molecule has 0 bridgehead atoms. The summed E-state index contributed by atoms with van der Waals surface area (Å²) in [6.45, 7) is 13.0. The van der Waals surface area contributed by atoms with Gasteiger partial charge >= 0.3 is 0 Å². The van der Waals surface area contributed by atoms with Crippen LogP contribution in [-0.4, -0.2) is 48.3 Å². The van der Waals surface area contributed by atoms with Gasteiger partial charge in [-0.05, 0) is 37.4 Å². The molecule has 0 aromatic carbocycles. The topological polar surface area (TPSA) is 80.9 Å². The van der Waals surface area contributed by atoms with Crippen molar-refractivity contribution < 1.29 is 41.8 Å². The monoisotopic (exact) mass is 360 g/mol. The van der Waals surface area contributed by atoms with Crippen LogP contribution in [0.2, 0.25) is 18.1 Å². The van der Waals surface area contributed by atoms with Gasteiger partial charge < -0.3 is 20.1 Å². The van der Waals surface area contributed by atoms with Crippen molar-refractivity contribution in [2.24, 2.45) is 0 Å². The number of hydrogen-bond donors (Lipinski definition) is 4. The summed E-state index contributed by atoms with van der Waals surface area (Å²) in [6, 6.07) is 3.04. The minimum Gasteiger partial charge on any atom is -0.432 e. The molecule has 0 unspecified atom stereocenters.